The minimum Gasteiger partial charge on any atom is -0.366 e. The van der Waals surface area contributed by atoms with E-state index in [2.05, 4.69) is 65.6 Å². The lowest BCUT2D eigenvalue weighted by Gasteiger charge is -2.44. The molecule has 0 unspecified atom stereocenters. The van der Waals surface area contributed by atoms with Crippen molar-refractivity contribution in [2.24, 2.45) is 0 Å². The van der Waals surface area contributed by atoms with E-state index in [9.17, 15) is 5.11 Å². The Morgan fingerprint density at radius 3 is 2.11 bits per heavy atom. The second kappa shape index (κ2) is 8.72. The topological polar surface area (TPSA) is 32.7 Å². The Morgan fingerprint density at radius 1 is 0.852 bits per heavy atom. The molecule has 0 aromatic heterocycles. The summed E-state index contributed by atoms with van der Waals surface area (Å²) in [6.07, 6.45) is -0.834. The SMILES string of the molecule is O[C@@H]1OC[C@H](c2ccccc2)N(Cc2ccccc2)[C@@H]1Sc1ccccc1. The lowest BCUT2D eigenvalue weighted by atomic mass is 10.0. The largest absolute Gasteiger partial charge is 0.366 e. The first-order valence-corrected chi connectivity index (χ1v) is 10.1. The number of nitrogens with zero attached hydrogens (tertiary/aromatic N) is 1. The molecule has 138 valence electrons. The molecule has 3 aromatic rings. The van der Waals surface area contributed by atoms with E-state index in [0.717, 1.165) is 11.4 Å². The van der Waals surface area contributed by atoms with Gasteiger partial charge in [0.15, 0.2) is 6.29 Å². The second-order valence-corrected chi connectivity index (χ2v) is 7.82. The highest BCUT2D eigenvalue weighted by atomic mass is 32.2. The molecular formula is C23H23NO2S. The van der Waals surface area contributed by atoms with Crippen LogP contribution >= 0.6 is 11.8 Å². The maximum atomic E-state index is 10.7. The number of thioether (sulfide) groups is 1. The van der Waals surface area contributed by atoms with Crippen LogP contribution in [0.3, 0.4) is 0 Å². The first-order valence-electron chi connectivity index (χ1n) is 9.17. The van der Waals surface area contributed by atoms with Gasteiger partial charge >= 0.3 is 0 Å². The summed E-state index contributed by atoms with van der Waals surface area (Å²) < 4.78 is 5.79. The molecule has 1 N–H and O–H groups in total. The standard InChI is InChI=1S/C23H23NO2S/c25-23-22(27-20-14-8-3-9-15-20)24(16-18-10-4-1-5-11-18)21(17-26-23)19-12-6-2-7-13-19/h1-15,21-23,25H,16-17H2/t21-,22-,23-/m1/s1. The van der Waals surface area contributed by atoms with Gasteiger partial charge in [0.25, 0.3) is 0 Å². The van der Waals surface area contributed by atoms with E-state index in [0.29, 0.717) is 6.61 Å². The van der Waals surface area contributed by atoms with E-state index in [1.807, 2.05) is 30.3 Å². The average molecular weight is 378 g/mol. The normalized spacial score (nSPS) is 23.2. The Labute approximate surface area is 164 Å². The van der Waals surface area contributed by atoms with Gasteiger partial charge in [0.05, 0.1) is 12.6 Å². The number of aliphatic hydroxyl groups is 1. The van der Waals surface area contributed by atoms with Crippen LogP contribution in [0.1, 0.15) is 17.2 Å². The monoisotopic (exact) mass is 377 g/mol. The molecule has 4 heteroatoms. The van der Waals surface area contributed by atoms with Crippen molar-refractivity contribution >= 4 is 11.8 Å². The van der Waals surface area contributed by atoms with Crippen LogP contribution in [-0.4, -0.2) is 28.3 Å². The molecule has 0 spiro atoms. The Bertz CT molecular complexity index is 829. The fourth-order valence-electron chi connectivity index (χ4n) is 3.43. The summed E-state index contributed by atoms with van der Waals surface area (Å²) in [6, 6.07) is 31.1. The summed E-state index contributed by atoms with van der Waals surface area (Å²) in [4.78, 5) is 3.48. The highest BCUT2D eigenvalue weighted by Gasteiger charge is 2.38. The van der Waals surface area contributed by atoms with Crippen LogP contribution < -0.4 is 0 Å². The third-order valence-corrected chi connectivity index (χ3v) is 6.08. The summed E-state index contributed by atoms with van der Waals surface area (Å²) in [5.41, 5.74) is 2.44. The lowest BCUT2D eigenvalue weighted by molar-refractivity contribution is -0.179. The predicted octanol–water partition coefficient (Wildman–Crippen LogP) is 4.70. The van der Waals surface area contributed by atoms with Crippen LogP contribution in [0.15, 0.2) is 95.9 Å². The predicted molar refractivity (Wildman–Crippen MR) is 109 cm³/mol. The molecule has 1 fully saturated rings. The number of rotatable bonds is 5. The van der Waals surface area contributed by atoms with Gasteiger partial charge in [-0.2, -0.15) is 0 Å². The van der Waals surface area contributed by atoms with Gasteiger partial charge < -0.3 is 9.84 Å². The van der Waals surface area contributed by atoms with E-state index in [1.165, 1.54) is 11.1 Å². The summed E-state index contributed by atoms with van der Waals surface area (Å²) in [5.74, 6) is 0. The summed E-state index contributed by atoms with van der Waals surface area (Å²) in [6.45, 7) is 1.23. The Kier molecular flexibility index (Phi) is 5.90. The first-order chi connectivity index (χ1) is 13.3. The van der Waals surface area contributed by atoms with Crippen molar-refractivity contribution in [3.05, 3.63) is 102 Å². The number of aliphatic hydroxyl groups excluding tert-OH is 1. The zero-order valence-electron chi connectivity index (χ0n) is 15.0. The average Bonchev–Trinajstić information content (AvgIpc) is 2.73. The van der Waals surface area contributed by atoms with Crippen molar-refractivity contribution in [2.75, 3.05) is 6.61 Å². The molecule has 3 aromatic carbocycles. The van der Waals surface area contributed by atoms with Crippen molar-refractivity contribution in [1.29, 1.82) is 0 Å². The van der Waals surface area contributed by atoms with E-state index in [1.54, 1.807) is 11.8 Å². The van der Waals surface area contributed by atoms with Crippen LogP contribution in [-0.2, 0) is 11.3 Å². The van der Waals surface area contributed by atoms with Crippen LogP contribution in [0.5, 0.6) is 0 Å². The summed E-state index contributed by atoms with van der Waals surface area (Å²) in [5, 5.41) is 10.5. The van der Waals surface area contributed by atoms with Gasteiger partial charge in [-0.25, -0.2) is 0 Å². The number of morpholine rings is 1. The van der Waals surface area contributed by atoms with Crippen LogP contribution in [0.2, 0.25) is 0 Å². The highest BCUT2D eigenvalue weighted by Crippen LogP contribution is 2.38. The molecule has 1 heterocycles. The van der Waals surface area contributed by atoms with Gasteiger partial charge in [0.1, 0.15) is 5.37 Å². The molecule has 3 atom stereocenters. The van der Waals surface area contributed by atoms with Gasteiger partial charge in [-0.15, -0.1) is 11.8 Å². The van der Waals surface area contributed by atoms with E-state index < -0.39 is 6.29 Å². The maximum absolute atomic E-state index is 10.7. The first kappa shape index (κ1) is 18.3. The summed E-state index contributed by atoms with van der Waals surface area (Å²) >= 11 is 1.65. The zero-order chi connectivity index (χ0) is 18.5. The third kappa shape index (κ3) is 4.42. The Hall–Kier alpha value is -2.11. The van der Waals surface area contributed by atoms with Gasteiger partial charge in [-0.05, 0) is 23.3 Å². The lowest BCUT2D eigenvalue weighted by Crippen LogP contribution is -2.50. The molecule has 1 aliphatic rings. The van der Waals surface area contributed by atoms with Gasteiger partial charge in [-0.1, -0.05) is 78.9 Å². The molecule has 27 heavy (non-hydrogen) atoms. The molecule has 1 aliphatic heterocycles. The zero-order valence-corrected chi connectivity index (χ0v) is 15.8. The summed E-state index contributed by atoms with van der Waals surface area (Å²) in [7, 11) is 0. The fourth-order valence-corrected chi connectivity index (χ4v) is 4.58. The second-order valence-electron chi connectivity index (χ2n) is 6.63. The smallest absolute Gasteiger partial charge is 0.180 e. The quantitative estimate of drug-likeness (QED) is 0.699. The minimum absolute atomic E-state index is 0.0935. The molecule has 1 saturated heterocycles. The van der Waals surface area contributed by atoms with Gasteiger partial charge in [-0.3, -0.25) is 4.90 Å². The van der Waals surface area contributed by atoms with Gasteiger partial charge in [0.2, 0.25) is 0 Å². The molecule has 0 saturated carbocycles. The molecule has 3 nitrogen and oxygen atoms in total. The van der Waals surface area contributed by atoms with Crippen molar-refractivity contribution in [3.8, 4) is 0 Å². The number of benzene rings is 3. The number of hydrogen-bond acceptors (Lipinski definition) is 4. The number of ether oxygens (including phenoxy) is 1. The molecular weight excluding hydrogens is 354 g/mol. The van der Waals surface area contributed by atoms with Crippen molar-refractivity contribution in [1.82, 2.24) is 4.90 Å². The maximum Gasteiger partial charge on any atom is 0.180 e. The highest BCUT2D eigenvalue weighted by molar-refractivity contribution is 8.00. The van der Waals surface area contributed by atoms with E-state index >= 15 is 0 Å². The molecule has 0 radical (unpaired) electrons. The molecule has 0 aliphatic carbocycles. The molecule has 0 bridgehead atoms. The van der Waals surface area contributed by atoms with Crippen molar-refractivity contribution in [2.45, 2.75) is 29.1 Å². The van der Waals surface area contributed by atoms with Crippen molar-refractivity contribution in [3.63, 3.8) is 0 Å². The Morgan fingerprint density at radius 2 is 1.44 bits per heavy atom. The van der Waals surface area contributed by atoms with Crippen molar-refractivity contribution < 1.29 is 9.84 Å². The third-order valence-electron chi connectivity index (χ3n) is 4.79. The van der Waals surface area contributed by atoms with Crippen LogP contribution in [0.4, 0.5) is 0 Å². The minimum atomic E-state index is -0.834. The van der Waals surface area contributed by atoms with Gasteiger partial charge in [0, 0.05) is 11.4 Å². The van der Waals surface area contributed by atoms with E-state index in [-0.39, 0.29) is 11.4 Å². The molecule has 4 rings (SSSR count). The van der Waals surface area contributed by atoms with E-state index in [4.69, 9.17) is 4.74 Å². The Balaban J connectivity index is 1.66. The number of hydrogen-bond donors (Lipinski definition) is 1. The van der Waals surface area contributed by atoms with Crippen LogP contribution in [0.25, 0.3) is 0 Å². The van der Waals surface area contributed by atoms with Crippen LogP contribution in [0, 0.1) is 0 Å². The fraction of sp³-hybridized carbons (Fsp3) is 0.217. The molecule has 0 amide bonds.